The van der Waals surface area contributed by atoms with Gasteiger partial charge in [0.2, 0.25) is 5.91 Å². The van der Waals surface area contributed by atoms with Gasteiger partial charge in [-0.25, -0.2) is 12.8 Å². The van der Waals surface area contributed by atoms with Crippen LogP contribution in [0.15, 0.2) is 47.4 Å². The second-order valence-corrected chi connectivity index (χ2v) is 9.02. The summed E-state index contributed by atoms with van der Waals surface area (Å²) in [6.45, 7) is 1.83. The van der Waals surface area contributed by atoms with Gasteiger partial charge in [0.1, 0.15) is 5.82 Å². The van der Waals surface area contributed by atoms with Gasteiger partial charge in [-0.3, -0.25) is 9.10 Å². The van der Waals surface area contributed by atoms with Gasteiger partial charge in [-0.05, 0) is 68.1 Å². The predicted molar refractivity (Wildman–Crippen MR) is 109 cm³/mol. The third-order valence-corrected chi connectivity index (χ3v) is 6.59. The van der Waals surface area contributed by atoms with Gasteiger partial charge in [-0.2, -0.15) is 0 Å². The number of hydrogen-bond donors (Lipinski definition) is 3. The van der Waals surface area contributed by atoms with Crippen LogP contribution >= 0.6 is 0 Å². The number of aliphatic hydroxyl groups is 1. The molecule has 4 N–H and O–H groups in total. The molecule has 0 fully saturated rings. The van der Waals surface area contributed by atoms with Gasteiger partial charge in [-0.1, -0.05) is 6.07 Å². The van der Waals surface area contributed by atoms with Crippen LogP contribution in [0.4, 0.5) is 15.8 Å². The minimum Gasteiger partial charge on any atom is -0.393 e. The zero-order chi connectivity index (χ0) is 21.2. The lowest BCUT2D eigenvalue weighted by molar-refractivity contribution is -0.118. The van der Waals surface area contributed by atoms with Crippen molar-refractivity contribution in [3.63, 3.8) is 0 Å². The molecule has 2 atom stereocenters. The predicted octanol–water partition coefficient (Wildman–Crippen LogP) is 2.00. The normalized spacial score (nSPS) is 16.1. The second-order valence-electron chi connectivity index (χ2n) is 7.16. The Morgan fingerprint density at radius 2 is 1.97 bits per heavy atom. The highest BCUT2D eigenvalue weighted by atomic mass is 32.2. The minimum atomic E-state index is -3.87. The number of amides is 1. The lowest BCUT2D eigenvalue weighted by Gasteiger charge is -2.31. The van der Waals surface area contributed by atoms with Crippen LogP contribution in [0.1, 0.15) is 25.3 Å². The molecule has 0 spiro atoms. The van der Waals surface area contributed by atoms with E-state index in [9.17, 15) is 22.7 Å². The summed E-state index contributed by atoms with van der Waals surface area (Å²) >= 11 is 0. The average molecular weight is 421 g/mol. The first-order valence-electron chi connectivity index (χ1n) is 9.34. The number of aryl methyl sites for hydroxylation is 1. The van der Waals surface area contributed by atoms with Crippen molar-refractivity contribution in [2.45, 2.75) is 43.2 Å². The summed E-state index contributed by atoms with van der Waals surface area (Å²) < 4.78 is 40.7. The molecular weight excluding hydrogens is 397 g/mol. The second kappa shape index (κ2) is 8.48. The topological polar surface area (TPSA) is 113 Å². The van der Waals surface area contributed by atoms with Crippen LogP contribution in [0.3, 0.4) is 0 Å². The molecule has 2 unspecified atom stereocenters. The molecule has 0 aliphatic carbocycles. The minimum absolute atomic E-state index is 0.000134. The number of nitrogens with one attached hydrogen (secondary N) is 1. The number of hydrogen-bond acceptors (Lipinski definition) is 5. The number of benzene rings is 2. The monoisotopic (exact) mass is 421 g/mol. The molecule has 1 aliphatic rings. The van der Waals surface area contributed by atoms with Gasteiger partial charge in [-0.15, -0.1) is 0 Å². The zero-order valence-electron chi connectivity index (χ0n) is 16.0. The van der Waals surface area contributed by atoms with Gasteiger partial charge in [0, 0.05) is 12.2 Å². The lowest BCUT2D eigenvalue weighted by atomic mass is 10.0. The van der Waals surface area contributed by atoms with Crippen LogP contribution in [0, 0.1) is 5.82 Å². The Kier molecular flexibility index (Phi) is 6.21. The van der Waals surface area contributed by atoms with Gasteiger partial charge in [0.15, 0.2) is 0 Å². The van der Waals surface area contributed by atoms with Gasteiger partial charge in [0.25, 0.3) is 10.0 Å². The number of nitrogens with two attached hydrogens (primary N) is 1. The molecule has 0 radical (unpaired) electrons. The molecule has 9 heteroatoms. The zero-order valence-corrected chi connectivity index (χ0v) is 16.8. The molecule has 2 aromatic carbocycles. The maximum Gasteiger partial charge on any atom is 0.264 e. The summed E-state index contributed by atoms with van der Waals surface area (Å²) in [5.74, 6) is -0.976. The number of sulfonamides is 1. The number of halogens is 1. The average Bonchev–Trinajstić information content (AvgIpc) is 2.67. The van der Waals surface area contributed by atoms with Crippen LogP contribution in [0.25, 0.3) is 0 Å². The molecule has 0 aromatic heterocycles. The first-order chi connectivity index (χ1) is 13.7. The van der Waals surface area contributed by atoms with E-state index in [0.717, 1.165) is 17.7 Å². The smallest absolute Gasteiger partial charge is 0.264 e. The van der Waals surface area contributed by atoms with Gasteiger partial charge >= 0.3 is 0 Å². The van der Waals surface area contributed by atoms with E-state index >= 15 is 0 Å². The van der Waals surface area contributed by atoms with Gasteiger partial charge in [0.05, 0.1) is 22.7 Å². The fourth-order valence-corrected chi connectivity index (χ4v) is 4.84. The van der Waals surface area contributed by atoms with Crippen LogP contribution in [0.5, 0.6) is 0 Å². The molecule has 1 amide bonds. The van der Waals surface area contributed by atoms with Crippen LogP contribution in [0.2, 0.25) is 0 Å². The lowest BCUT2D eigenvalue weighted by Crippen LogP contribution is -2.38. The maximum atomic E-state index is 13.2. The van der Waals surface area contributed by atoms with E-state index in [-0.39, 0.29) is 17.9 Å². The van der Waals surface area contributed by atoms with E-state index < -0.39 is 33.9 Å². The van der Waals surface area contributed by atoms with Crippen LogP contribution in [-0.4, -0.2) is 38.1 Å². The Bertz CT molecular complexity index is 993. The van der Waals surface area contributed by atoms with E-state index in [1.807, 2.05) is 0 Å². The molecule has 0 bridgehead atoms. The van der Waals surface area contributed by atoms with Crippen molar-refractivity contribution in [3.05, 3.63) is 53.8 Å². The van der Waals surface area contributed by atoms with Crippen molar-refractivity contribution in [2.24, 2.45) is 5.73 Å². The third-order valence-electron chi connectivity index (χ3n) is 4.76. The maximum absolute atomic E-state index is 13.2. The van der Waals surface area contributed by atoms with Crippen molar-refractivity contribution < 1.29 is 22.7 Å². The van der Waals surface area contributed by atoms with E-state index in [1.54, 1.807) is 25.1 Å². The number of carbonyl (C=O) groups excluding carboxylic acids is 1. The first kappa shape index (κ1) is 21.2. The fraction of sp³-hybridized carbons (Fsp3) is 0.350. The van der Waals surface area contributed by atoms with Crippen molar-refractivity contribution in [3.8, 4) is 0 Å². The Morgan fingerprint density at radius 3 is 2.62 bits per heavy atom. The highest BCUT2D eigenvalue weighted by Gasteiger charge is 2.29. The molecule has 2 aromatic rings. The van der Waals surface area contributed by atoms with Crippen LogP contribution in [-0.2, 0) is 21.2 Å². The molecule has 29 heavy (non-hydrogen) atoms. The van der Waals surface area contributed by atoms with Crippen molar-refractivity contribution >= 4 is 27.3 Å². The summed E-state index contributed by atoms with van der Waals surface area (Å²) in [7, 11) is -3.87. The molecule has 0 saturated heterocycles. The number of carbonyl (C=O) groups is 1. The summed E-state index contributed by atoms with van der Waals surface area (Å²) in [5.41, 5.74) is 7.51. The largest absolute Gasteiger partial charge is 0.393 e. The quantitative estimate of drug-likeness (QED) is 0.660. The number of fused-ring (bicyclic) bond motifs is 1. The summed E-state index contributed by atoms with van der Waals surface area (Å²) in [6, 6.07) is 8.87. The first-order valence-corrected chi connectivity index (χ1v) is 10.8. The fourth-order valence-electron chi connectivity index (χ4n) is 3.31. The molecule has 7 nitrogen and oxygen atoms in total. The Hall–Kier alpha value is -2.49. The molecule has 1 heterocycles. The number of aliphatic hydroxyl groups excluding tert-OH is 1. The number of nitrogens with zero attached hydrogens (tertiary/aromatic N) is 1. The van der Waals surface area contributed by atoms with Crippen molar-refractivity contribution in [2.75, 3.05) is 16.2 Å². The van der Waals surface area contributed by atoms with E-state index in [2.05, 4.69) is 5.32 Å². The Labute approximate surface area is 169 Å². The summed E-state index contributed by atoms with van der Waals surface area (Å²) in [6.07, 6.45) is 0.761. The number of rotatable bonds is 6. The summed E-state index contributed by atoms with van der Waals surface area (Å²) in [5, 5.41) is 12.1. The Morgan fingerprint density at radius 1 is 1.28 bits per heavy atom. The van der Waals surface area contributed by atoms with Gasteiger partial charge < -0.3 is 16.2 Å². The molecule has 1 aliphatic heterocycles. The van der Waals surface area contributed by atoms with Crippen molar-refractivity contribution in [1.29, 1.82) is 0 Å². The van der Waals surface area contributed by atoms with Crippen molar-refractivity contribution in [1.82, 2.24) is 0 Å². The van der Waals surface area contributed by atoms with Crippen LogP contribution < -0.4 is 15.4 Å². The molecular formula is C20H24FN3O4S. The molecule has 0 saturated carbocycles. The highest BCUT2D eigenvalue weighted by molar-refractivity contribution is 7.92. The van der Waals surface area contributed by atoms with E-state index in [4.69, 9.17) is 5.73 Å². The highest BCUT2D eigenvalue weighted by Crippen LogP contribution is 2.34. The molecule has 156 valence electrons. The van der Waals surface area contributed by atoms with E-state index in [1.165, 1.54) is 16.4 Å². The number of anilines is 2. The summed E-state index contributed by atoms with van der Waals surface area (Å²) in [4.78, 5) is 12.2. The van der Waals surface area contributed by atoms with E-state index in [0.29, 0.717) is 24.2 Å². The SMILES string of the molecule is CC(O)CC(N)C(=O)Nc1ccc2c(c1)N(S(=O)(=O)c1ccc(F)cc1)CCC2. The standard InChI is InChI=1S/C20H24FN3O4S/c1-13(25)11-18(22)20(26)23-16-7-4-14-3-2-10-24(19(14)12-16)29(27,28)17-8-5-15(21)6-9-17/h4-9,12-13,18,25H,2-3,10-11,22H2,1H3,(H,23,26). The molecule has 3 rings (SSSR count). The Balaban J connectivity index is 1.89. The third kappa shape index (κ3) is 4.75.